The van der Waals surface area contributed by atoms with Crippen LogP contribution in [0.15, 0.2) is 0 Å². The molecule has 2 aliphatic rings. The molecule has 0 spiro atoms. The monoisotopic (exact) mass is 338 g/mol. The minimum absolute atomic E-state index is 0.0186. The summed E-state index contributed by atoms with van der Waals surface area (Å²) in [7, 11) is -0.493. The highest BCUT2D eigenvalue weighted by Gasteiger charge is 2.58. The Kier molecular flexibility index (Phi) is 4.85. The van der Waals surface area contributed by atoms with Crippen LogP contribution in [0, 0.1) is 5.41 Å². The summed E-state index contributed by atoms with van der Waals surface area (Å²) in [5.41, 5.74) is -1.25. The van der Waals surface area contributed by atoms with E-state index in [1.165, 1.54) is 0 Å². The van der Waals surface area contributed by atoms with Gasteiger partial charge in [0.25, 0.3) is 0 Å². The van der Waals surface area contributed by atoms with E-state index >= 15 is 0 Å². The molecule has 0 radical (unpaired) electrons. The highest BCUT2D eigenvalue weighted by atomic mass is 16.7. The van der Waals surface area contributed by atoms with Crippen LogP contribution in [0.4, 0.5) is 0 Å². The first-order valence-corrected chi connectivity index (χ1v) is 9.20. The summed E-state index contributed by atoms with van der Waals surface area (Å²) >= 11 is 0. The number of rotatable bonds is 3. The van der Waals surface area contributed by atoms with Gasteiger partial charge < -0.3 is 18.6 Å². The molecule has 0 aromatic heterocycles. The molecule has 6 heteroatoms. The van der Waals surface area contributed by atoms with Crippen molar-refractivity contribution in [3.8, 4) is 0 Å². The summed E-state index contributed by atoms with van der Waals surface area (Å²) in [5, 5.41) is 0. The molecule has 0 saturated carbocycles. The molecule has 138 valence electrons. The average Bonchev–Trinajstić information content (AvgIpc) is 2.63. The summed E-state index contributed by atoms with van der Waals surface area (Å²) < 4.78 is 25.1. The van der Waals surface area contributed by atoms with Crippen molar-refractivity contribution >= 4 is 14.2 Å². The molecule has 0 unspecified atom stereocenters. The van der Waals surface area contributed by atoms with Crippen LogP contribution in [0.2, 0.25) is 12.1 Å². The lowest BCUT2D eigenvalue weighted by atomic mass is 9.52. The molecule has 0 amide bonds. The third-order valence-electron chi connectivity index (χ3n) is 6.46. The summed E-state index contributed by atoms with van der Waals surface area (Å²) in [6.45, 7) is 23.4. The van der Waals surface area contributed by atoms with Crippen molar-refractivity contribution in [3.63, 3.8) is 0 Å². The van der Waals surface area contributed by atoms with Crippen molar-refractivity contribution in [1.82, 2.24) is 0 Å². The van der Waals surface area contributed by atoms with Crippen LogP contribution in [-0.2, 0) is 18.6 Å². The van der Waals surface area contributed by atoms with Crippen LogP contribution in [0.1, 0.15) is 76.2 Å². The van der Waals surface area contributed by atoms with Crippen molar-refractivity contribution in [1.29, 1.82) is 0 Å². The molecule has 2 saturated heterocycles. The van der Waals surface area contributed by atoms with E-state index in [2.05, 4.69) is 76.2 Å². The Bertz CT molecular complexity index is 448. The zero-order chi connectivity index (χ0) is 18.8. The third-order valence-corrected chi connectivity index (χ3v) is 6.46. The van der Waals surface area contributed by atoms with Crippen LogP contribution >= 0.6 is 0 Å². The molecule has 2 fully saturated rings. The number of hydrogen-bond donors (Lipinski definition) is 0. The van der Waals surface area contributed by atoms with Crippen LogP contribution in [0.5, 0.6) is 0 Å². The molecule has 0 aliphatic carbocycles. The molecule has 4 nitrogen and oxygen atoms in total. The summed E-state index contributed by atoms with van der Waals surface area (Å²) in [4.78, 5) is 0. The predicted molar refractivity (Wildman–Crippen MR) is 100 cm³/mol. The maximum atomic E-state index is 6.33. The minimum atomic E-state index is -0.322. The van der Waals surface area contributed by atoms with E-state index < -0.39 is 0 Å². The van der Waals surface area contributed by atoms with Crippen LogP contribution in [0.25, 0.3) is 0 Å². The van der Waals surface area contributed by atoms with E-state index in [9.17, 15) is 0 Å². The molecule has 2 rings (SSSR count). The third kappa shape index (κ3) is 3.58. The van der Waals surface area contributed by atoms with Gasteiger partial charge in [-0.25, -0.2) is 0 Å². The lowest BCUT2D eigenvalue weighted by Gasteiger charge is -2.33. The van der Waals surface area contributed by atoms with Crippen LogP contribution in [-0.4, -0.2) is 36.6 Å². The Labute approximate surface area is 149 Å². The zero-order valence-corrected chi connectivity index (χ0v) is 17.6. The second-order valence-electron chi connectivity index (χ2n) is 10.5. The van der Waals surface area contributed by atoms with Gasteiger partial charge in [0, 0.05) is 0 Å². The lowest BCUT2D eigenvalue weighted by molar-refractivity contribution is 0.00578. The normalized spacial score (nSPS) is 29.1. The smallest absolute Gasteiger partial charge is 0.403 e. The predicted octanol–water partition coefficient (Wildman–Crippen LogP) is 4.59. The van der Waals surface area contributed by atoms with Crippen molar-refractivity contribution in [2.45, 2.75) is 111 Å². The molecular formula is C18H36B2O4. The topological polar surface area (TPSA) is 36.9 Å². The molecule has 1 atom stereocenters. The van der Waals surface area contributed by atoms with E-state index in [1.54, 1.807) is 0 Å². The highest BCUT2D eigenvalue weighted by molar-refractivity contribution is 6.53. The molecule has 0 N–H and O–H groups in total. The Hall–Kier alpha value is -0.0301. The Balaban J connectivity index is 2.18. The van der Waals surface area contributed by atoms with Crippen molar-refractivity contribution in [2.75, 3.05) is 0 Å². The van der Waals surface area contributed by atoms with E-state index in [0.29, 0.717) is 0 Å². The van der Waals surface area contributed by atoms with Crippen molar-refractivity contribution in [3.05, 3.63) is 0 Å². The molecule has 0 bridgehead atoms. The first-order chi connectivity index (χ1) is 10.5. The van der Waals surface area contributed by atoms with Gasteiger partial charge in [0.1, 0.15) is 0 Å². The van der Waals surface area contributed by atoms with Crippen molar-refractivity contribution < 1.29 is 18.6 Å². The molecule has 24 heavy (non-hydrogen) atoms. The van der Waals surface area contributed by atoms with Gasteiger partial charge in [0.2, 0.25) is 0 Å². The summed E-state index contributed by atoms with van der Waals surface area (Å²) in [6, 6.07) is 0. The molecule has 2 aliphatic heterocycles. The van der Waals surface area contributed by atoms with Gasteiger partial charge in [-0.3, -0.25) is 0 Å². The van der Waals surface area contributed by atoms with E-state index in [4.69, 9.17) is 18.6 Å². The second kappa shape index (κ2) is 5.73. The fourth-order valence-corrected chi connectivity index (χ4v) is 3.19. The Morgan fingerprint density at radius 2 is 1.00 bits per heavy atom. The largest absolute Gasteiger partial charge is 0.461 e. The second-order valence-corrected chi connectivity index (χ2v) is 10.5. The Morgan fingerprint density at radius 3 is 1.33 bits per heavy atom. The van der Waals surface area contributed by atoms with Gasteiger partial charge in [-0.15, -0.1) is 0 Å². The highest BCUT2D eigenvalue weighted by Crippen LogP contribution is 2.49. The first kappa shape index (κ1) is 20.3. The SMILES string of the molecule is CC(C)(C)[C@H](CB1OC(C)(C)C(C)(C)O1)B1OC(C)(C)C(C)(C)O1. The number of hydrogen-bond acceptors (Lipinski definition) is 4. The summed E-state index contributed by atoms with van der Waals surface area (Å²) in [5.74, 6) is 0.174. The molecule has 0 aromatic rings. The maximum Gasteiger partial charge on any atom is 0.461 e. The van der Waals surface area contributed by atoms with Gasteiger partial charge >= 0.3 is 14.2 Å². The molecular weight excluding hydrogens is 302 g/mol. The summed E-state index contributed by atoms with van der Waals surface area (Å²) in [6.07, 6.45) is 0.757. The quantitative estimate of drug-likeness (QED) is 0.706. The fourth-order valence-electron chi connectivity index (χ4n) is 3.19. The average molecular weight is 338 g/mol. The minimum Gasteiger partial charge on any atom is -0.403 e. The lowest BCUT2D eigenvalue weighted by Crippen LogP contribution is -2.41. The maximum absolute atomic E-state index is 6.33. The molecule has 0 aromatic carbocycles. The zero-order valence-electron chi connectivity index (χ0n) is 17.6. The Morgan fingerprint density at radius 1 is 0.667 bits per heavy atom. The van der Waals surface area contributed by atoms with Crippen LogP contribution < -0.4 is 0 Å². The van der Waals surface area contributed by atoms with Gasteiger partial charge in [-0.1, -0.05) is 20.8 Å². The van der Waals surface area contributed by atoms with Crippen molar-refractivity contribution in [2.24, 2.45) is 5.41 Å². The van der Waals surface area contributed by atoms with Crippen LogP contribution in [0.3, 0.4) is 0 Å². The van der Waals surface area contributed by atoms with Gasteiger partial charge in [0.15, 0.2) is 0 Å². The van der Waals surface area contributed by atoms with E-state index in [0.717, 1.165) is 6.32 Å². The standard InChI is InChI=1S/C18H36B2O4/c1-14(2,3)13(20-23-17(8,9)18(10,11)24-20)12-19-21-15(4,5)16(6,7)22-19/h13H,12H2,1-11H3/t13-/m0/s1. The van der Waals surface area contributed by atoms with E-state index in [-0.39, 0.29) is 47.9 Å². The molecule has 2 heterocycles. The fraction of sp³-hybridized carbons (Fsp3) is 1.00. The van der Waals surface area contributed by atoms with Gasteiger partial charge in [-0.2, -0.15) is 0 Å². The van der Waals surface area contributed by atoms with E-state index in [1.807, 2.05) is 0 Å². The van der Waals surface area contributed by atoms with Gasteiger partial charge in [0.05, 0.1) is 22.4 Å². The van der Waals surface area contributed by atoms with Gasteiger partial charge in [-0.05, 0) is 72.9 Å². The first-order valence-electron chi connectivity index (χ1n) is 9.20.